The first-order valence-corrected chi connectivity index (χ1v) is 9.04. The molecule has 124 valence electrons. The summed E-state index contributed by atoms with van der Waals surface area (Å²) in [5.41, 5.74) is 3.80. The van der Waals surface area contributed by atoms with Crippen molar-refractivity contribution in [2.75, 3.05) is 0 Å². The van der Waals surface area contributed by atoms with E-state index in [2.05, 4.69) is 37.3 Å². The Morgan fingerprint density at radius 3 is 2.64 bits per heavy atom. The van der Waals surface area contributed by atoms with Gasteiger partial charge in [0.25, 0.3) is 0 Å². The van der Waals surface area contributed by atoms with Crippen LogP contribution in [0.4, 0.5) is 0 Å². The molecule has 2 aromatic heterocycles. The van der Waals surface area contributed by atoms with Gasteiger partial charge in [-0.1, -0.05) is 52.3 Å². The molecule has 0 fully saturated rings. The van der Waals surface area contributed by atoms with Crippen LogP contribution < -0.4 is 4.74 Å². The topological polar surface area (TPSA) is 52.3 Å². The molecular weight excluding hydrogens is 404 g/mol. The molecule has 2 aromatic carbocycles. The number of aromatic nitrogens is 4. The molecule has 0 aliphatic heterocycles. The summed E-state index contributed by atoms with van der Waals surface area (Å²) >= 11 is 9.48. The van der Waals surface area contributed by atoms with Gasteiger partial charge in [-0.15, -0.1) is 15.3 Å². The molecule has 0 N–H and O–H groups in total. The number of benzene rings is 2. The lowest BCUT2D eigenvalue weighted by atomic mass is 10.0. The highest BCUT2D eigenvalue weighted by atomic mass is 79.9. The van der Waals surface area contributed by atoms with Gasteiger partial charge in [-0.05, 0) is 40.9 Å². The molecule has 4 aromatic rings. The van der Waals surface area contributed by atoms with Crippen LogP contribution in [-0.2, 0) is 5.33 Å². The summed E-state index contributed by atoms with van der Waals surface area (Å²) in [6.45, 7) is 0. The van der Waals surface area contributed by atoms with E-state index in [1.165, 1.54) is 4.52 Å². The largest absolute Gasteiger partial charge is 0.437 e. The number of halogens is 2. The minimum Gasteiger partial charge on any atom is -0.437 e. The summed E-state index contributed by atoms with van der Waals surface area (Å²) in [5, 5.41) is 13.0. The number of ether oxygens (including phenoxy) is 1. The van der Waals surface area contributed by atoms with Crippen LogP contribution in [0.1, 0.15) is 5.56 Å². The standard InChI is InChI=1S/C18H12BrClN4O/c19-11-12-6-7-15(14(10-12)13-4-2-1-3-5-13)25-17-9-8-16-21-22-18(20)24(16)23-17/h1-10H,11H2. The zero-order valence-electron chi connectivity index (χ0n) is 12.9. The fourth-order valence-electron chi connectivity index (χ4n) is 2.51. The van der Waals surface area contributed by atoms with Crippen molar-refractivity contribution in [1.82, 2.24) is 19.8 Å². The van der Waals surface area contributed by atoms with E-state index in [1.807, 2.05) is 42.5 Å². The van der Waals surface area contributed by atoms with Crippen LogP contribution in [0.15, 0.2) is 60.7 Å². The average Bonchev–Trinajstić information content (AvgIpc) is 3.03. The van der Waals surface area contributed by atoms with Crippen LogP contribution in [-0.4, -0.2) is 19.8 Å². The van der Waals surface area contributed by atoms with Gasteiger partial charge in [-0.25, -0.2) is 0 Å². The first-order valence-electron chi connectivity index (χ1n) is 7.55. The molecule has 0 unspecified atom stereocenters. The molecule has 0 aliphatic rings. The Hall–Kier alpha value is -2.44. The highest BCUT2D eigenvalue weighted by Gasteiger charge is 2.11. The van der Waals surface area contributed by atoms with E-state index in [9.17, 15) is 0 Å². The predicted molar refractivity (Wildman–Crippen MR) is 100 cm³/mol. The molecule has 0 atom stereocenters. The molecule has 0 spiro atoms. The molecule has 7 heteroatoms. The fourth-order valence-corrected chi connectivity index (χ4v) is 3.02. The van der Waals surface area contributed by atoms with E-state index in [0.717, 1.165) is 22.0 Å². The molecule has 0 bridgehead atoms. The van der Waals surface area contributed by atoms with Gasteiger partial charge >= 0.3 is 0 Å². The van der Waals surface area contributed by atoms with Crippen molar-refractivity contribution in [2.45, 2.75) is 5.33 Å². The van der Waals surface area contributed by atoms with Crippen molar-refractivity contribution in [3.8, 4) is 22.8 Å². The maximum atomic E-state index is 6.03. The molecule has 0 saturated carbocycles. The zero-order chi connectivity index (χ0) is 17.2. The second-order valence-electron chi connectivity index (χ2n) is 5.34. The second kappa shape index (κ2) is 6.82. The fraction of sp³-hybridized carbons (Fsp3) is 0.0556. The lowest BCUT2D eigenvalue weighted by Crippen LogP contribution is -1.97. The molecule has 2 heterocycles. The molecule has 5 nitrogen and oxygen atoms in total. The number of alkyl halides is 1. The summed E-state index contributed by atoms with van der Waals surface area (Å²) in [6, 6.07) is 19.7. The van der Waals surface area contributed by atoms with Crippen LogP contribution in [0.3, 0.4) is 0 Å². The predicted octanol–water partition coefficient (Wildman–Crippen LogP) is 5.13. The molecule has 25 heavy (non-hydrogen) atoms. The van der Waals surface area contributed by atoms with Crippen LogP contribution in [0.25, 0.3) is 16.8 Å². The zero-order valence-corrected chi connectivity index (χ0v) is 15.3. The van der Waals surface area contributed by atoms with Gasteiger partial charge in [0.2, 0.25) is 11.2 Å². The van der Waals surface area contributed by atoms with Crippen LogP contribution >= 0.6 is 27.5 Å². The van der Waals surface area contributed by atoms with E-state index in [0.29, 0.717) is 17.3 Å². The molecule has 0 radical (unpaired) electrons. The summed E-state index contributed by atoms with van der Waals surface area (Å²) < 4.78 is 7.47. The molecule has 4 rings (SSSR count). The summed E-state index contributed by atoms with van der Waals surface area (Å²) in [6.07, 6.45) is 0. The van der Waals surface area contributed by atoms with Gasteiger partial charge in [-0.3, -0.25) is 0 Å². The first-order chi connectivity index (χ1) is 12.2. The van der Waals surface area contributed by atoms with Crippen molar-refractivity contribution in [3.05, 3.63) is 71.5 Å². The van der Waals surface area contributed by atoms with Gasteiger partial charge in [0.15, 0.2) is 5.65 Å². The SMILES string of the molecule is Clc1nnc2ccc(Oc3ccc(CBr)cc3-c3ccccc3)nn12. The maximum Gasteiger partial charge on any atom is 0.246 e. The monoisotopic (exact) mass is 414 g/mol. The Balaban J connectivity index is 1.77. The van der Waals surface area contributed by atoms with Gasteiger partial charge in [-0.2, -0.15) is 4.52 Å². The lowest BCUT2D eigenvalue weighted by molar-refractivity contribution is 0.454. The third-order valence-corrected chi connectivity index (χ3v) is 4.58. The van der Waals surface area contributed by atoms with Gasteiger partial charge in [0, 0.05) is 17.0 Å². The molecule has 0 amide bonds. The van der Waals surface area contributed by atoms with Crippen LogP contribution in [0.2, 0.25) is 5.28 Å². The van der Waals surface area contributed by atoms with Crippen molar-refractivity contribution in [2.24, 2.45) is 0 Å². The molecular formula is C18H12BrClN4O. The highest BCUT2D eigenvalue weighted by Crippen LogP contribution is 2.34. The van der Waals surface area contributed by atoms with E-state index in [4.69, 9.17) is 16.3 Å². The molecule has 0 saturated heterocycles. The second-order valence-corrected chi connectivity index (χ2v) is 6.24. The Labute approximate surface area is 157 Å². The maximum absolute atomic E-state index is 6.03. The Bertz CT molecular complexity index is 1040. The minimum atomic E-state index is 0.193. The Morgan fingerprint density at radius 1 is 1.00 bits per heavy atom. The van der Waals surface area contributed by atoms with Gasteiger partial charge in [0.05, 0.1) is 0 Å². The number of fused-ring (bicyclic) bond motifs is 1. The quantitative estimate of drug-likeness (QED) is 0.433. The summed E-state index contributed by atoms with van der Waals surface area (Å²) in [4.78, 5) is 0. The van der Waals surface area contributed by atoms with E-state index in [-0.39, 0.29) is 5.28 Å². The van der Waals surface area contributed by atoms with E-state index >= 15 is 0 Å². The Kier molecular flexibility index (Phi) is 4.38. The van der Waals surface area contributed by atoms with Crippen LogP contribution in [0, 0.1) is 0 Å². The number of hydrogen-bond acceptors (Lipinski definition) is 4. The van der Waals surface area contributed by atoms with Crippen LogP contribution in [0.5, 0.6) is 11.6 Å². The lowest BCUT2D eigenvalue weighted by Gasteiger charge is -2.12. The number of nitrogens with zero attached hydrogens (tertiary/aromatic N) is 4. The van der Waals surface area contributed by atoms with Crippen molar-refractivity contribution in [1.29, 1.82) is 0 Å². The van der Waals surface area contributed by atoms with Gasteiger partial charge in [0.1, 0.15) is 5.75 Å². The molecule has 0 aliphatic carbocycles. The Morgan fingerprint density at radius 2 is 1.84 bits per heavy atom. The van der Waals surface area contributed by atoms with Crippen molar-refractivity contribution >= 4 is 33.2 Å². The van der Waals surface area contributed by atoms with Gasteiger partial charge < -0.3 is 4.74 Å². The summed E-state index contributed by atoms with van der Waals surface area (Å²) in [7, 11) is 0. The third-order valence-electron chi connectivity index (χ3n) is 3.70. The number of rotatable bonds is 4. The van der Waals surface area contributed by atoms with Crippen molar-refractivity contribution < 1.29 is 4.74 Å². The first kappa shape index (κ1) is 16.1. The van der Waals surface area contributed by atoms with E-state index < -0.39 is 0 Å². The summed E-state index contributed by atoms with van der Waals surface area (Å²) in [5.74, 6) is 1.13. The third kappa shape index (κ3) is 3.23. The normalized spacial score (nSPS) is 11.0. The van der Waals surface area contributed by atoms with Crippen molar-refractivity contribution in [3.63, 3.8) is 0 Å². The number of hydrogen-bond donors (Lipinski definition) is 0. The average molecular weight is 416 g/mol. The minimum absolute atomic E-state index is 0.193. The smallest absolute Gasteiger partial charge is 0.246 e. The van der Waals surface area contributed by atoms with E-state index in [1.54, 1.807) is 12.1 Å². The highest BCUT2D eigenvalue weighted by molar-refractivity contribution is 9.08.